The van der Waals surface area contributed by atoms with Crippen LogP contribution in [-0.2, 0) is 0 Å². The maximum atomic E-state index is 13.0. The highest BCUT2D eigenvalue weighted by Gasteiger charge is 2.23. The number of furan rings is 1. The zero-order valence-electron chi connectivity index (χ0n) is 17.1. The van der Waals surface area contributed by atoms with Crippen LogP contribution in [0.4, 0.5) is 11.4 Å². The standard InChI is InChI=1S/C25H22N2O3/c1-15-8-12-19(13-9-15)26-25(29)23-22(20-6-4-5-7-21(20)30-23)27-24(28)18-11-10-16(2)17(3)14-18/h4-14H,1-3H3,(H,26,29)(H,27,28). The molecule has 5 nitrogen and oxygen atoms in total. The van der Waals surface area contributed by atoms with Gasteiger partial charge in [0.15, 0.2) is 0 Å². The van der Waals surface area contributed by atoms with Crippen molar-refractivity contribution < 1.29 is 14.0 Å². The SMILES string of the molecule is Cc1ccc(NC(=O)c2oc3ccccc3c2NC(=O)c2ccc(C)c(C)c2)cc1. The third-order valence-electron chi connectivity index (χ3n) is 5.12. The number of anilines is 2. The highest BCUT2D eigenvalue weighted by molar-refractivity contribution is 6.16. The van der Waals surface area contributed by atoms with Crippen LogP contribution < -0.4 is 10.6 Å². The lowest BCUT2D eigenvalue weighted by Crippen LogP contribution is -2.17. The minimum Gasteiger partial charge on any atom is -0.449 e. The van der Waals surface area contributed by atoms with Gasteiger partial charge in [0.05, 0.1) is 0 Å². The zero-order chi connectivity index (χ0) is 21.3. The summed E-state index contributed by atoms with van der Waals surface area (Å²) in [5.74, 6) is -0.659. The molecule has 150 valence electrons. The molecule has 4 aromatic rings. The minimum atomic E-state index is -0.426. The Morgan fingerprint density at radius 3 is 2.23 bits per heavy atom. The van der Waals surface area contributed by atoms with Gasteiger partial charge >= 0.3 is 0 Å². The van der Waals surface area contributed by atoms with Crippen molar-refractivity contribution in [3.63, 3.8) is 0 Å². The van der Waals surface area contributed by atoms with Gasteiger partial charge in [-0.05, 0) is 68.3 Å². The van der Waals surface area contributed by atoms with Crippen LogP contribution in [0.2, 0.25) is 0 Å². The number of para-hydroxylation sites is 1. The number of benzene rings is 3. The Morgan fingerprint density at radius 2 is 1.50 bits per heavy atom. The van der Waals surface area contributed by atoms with Gasteiger partial charge in [-0.15, -0.1) is 0 Å². The summed E-state index contributed by atoms with van der Waals surface area (Å²) in [5.41, 5.74) is 5.29. The Kier molecular flexibility index (Phi) is 5.11. The lowest BCUT2D eigenvalue weighted by Gasteiger charge is -2.09. The maximum Gasteiger partial charge on any atom is 0.293 e. The molecule has 0 atom stereocenters. The molecule has 0 saturated carbocycles. The van der Waals surface area contributed by atoms with Crippen LogP contribution in [0.25, 0.3) is 11.0 Å². The van der Waals surface area contributed by atoms with Crippen LogP contribution in [0.1, 0.15) is 37.6 Å². The van der Waals surface area contributed by atoms with Crippen molar-refractivity contribution >= 4 is 34.2 Å². The van der Waals surface area contributed by atoms with Crippen molar-refractivity contribution in [1.29, 1.82) is 0 Å². The molecule has 0 unspecified atom stereocenters. The number of carbonyl (C=O) groups is 2. The van der Waals surface area contributed by atoms with Crippen LogP contribution in [0.15, 0.2) is 71.1 Å². The fraction of sp³-hybridized carbons (Fsp3) is 0.120. The van der Waals surface area contributed by atoms with Gasteiger partial charge in [0, 0.05) is 16.6 Å². The molecule has 1 aromatic heterocycles. The minimum absolute atomic E-state index is 0.0639. The van der Waals surface area contributed by atoms with E-state index in [1.807, 2.05) is 75.4 Å². The molecule has 0 radical (unpaired) electrons. The Morgan fingerprint density at radius 1 is 0.767 bits per heavy atom. The second-order valence-electron chi connectivity index (χ2n) is 7.38. The molecule has 0 fully saturated rings. The highest BCUT2D eigenvalue weighted by atomic mass is 16.3. The van der Waals surface area contributed by atoms with Gasteiger partial charge < -0.3 is 15.1 Å². The van der Waals surface area contributed by atoms with Gasteiger partial charge in [-0.3, -0.25) is 9.59 Å². The second kappa shape index (κ2) is 7.87. The van der Waals surface area contributed by atoms with E-state index in [-0.39, 0.29) is 11.7 Å². The van der Waals surface area contributed by atoms with Crippen LogP contribution in [0, 0.1) is 20.8 Å². The van der Waals surface area contributed by atoms with Crippen molar-refractivity contribution in [3.8, 4) is 0 Å². The van der Waals surface area contributed by atoms with E-state index in [1.54, 1.807) is 12.1 Å². The molecule has 0 saturated heterocycles. The summed E-state index contributed by atoms with van der Waals surface area (Å²) >= 11 is 0. The van der Waals surface area contributed by atoms with Crippen LogP contribution in [-0.4, -0.2) is 11.8 Å². The summed E-state index contributed by atoms with van der Waals surface area (Å²) in [7, 11) is 0. The Balaban J connectivity index is 1.69. The van der Waals surface area contributed by atoms with Gasteiger partial charge in [-0.1, -0.05) is 35.9 Å². The van der Waals surface area contributed by atoms with E-state index in [0.717, 1.165) is 16.7 Å². The quantitative estimate of drug-likeness (QED) is 0.452. The summed E-state index contributed by atoms with van der Waals surface area (Å²) < 4.78 is 5.81. The smallest absolute Gasteiger partial charge is 0.293 e. The first kappa shape index (κ1) is 19.5. The normalized spacial score (nSPS) is 10.8. The number of rotatable bonds is 4. The van der Waals surface area contributed by atoms with E-state index >= 15 is 0 Å². The number of amides is 2. The van der Waals surface area contributed by atoms with Crippen molar-refractivity contribution in [2.75, 3.05) is 10.6 Å². The number of hydrogen-bond acceptors (Lipinski definition) is 3. The van der Waals surface area contributed by atoms with E-state index in [4.69, 9.17) is 4.42 Å². The molecule has 0 aliphatic rings. The maximum absolute atomic E-state index is 13.0. The van der Waals surface area contributed by atoms with E-state index < -0.39 is 5.91 Å². The monoisotopic (exact) mass is 398 g/mol. The second-order valence-corrected chi connectivity index (χ2v) is 7.38. The molecule has 5 heteroatoms. The molecule has 3 aromatic carbocycles. The first-order valence-corrected chi connectivity index (χ1v) is 9.70. The Hall–Kier alpha value is -3.86. The molecule has 2 amide bonds. The van der Waals surface area contributed by atoms with Crippen molar-refractivity contribution in [2.24, 2.45) is 0 Å². The predicted octanol–water partition coefficient (Wildman–Crippen LogP) is 5.86. The van der Waals surface area contributed by atoms with Crippen LogP contribution in [0.5, 0.6) is 0 Å². The summed E-state index contributed by atoms with van der Waals surface area (Å²) in [4.78, 5) is 25.9. The Labute approximate surface area is 174 Å². The summed E-state index contributed by atoms with van der Waals surface area (Å²) in [6.45, 7) is 5.93. The largest absolute Gasteiger partial charge is 0.449 e. The van der Waals surface area contributed by atoms with Crippen molar-refractivity contribution in [1.82, 2.24) is 0 Å². The average Bonchev–Trinajstić information content (AvgIpc) is 3.10. The molecular formula is C25H22N2O3. The lowest BCUT2D eigenvalue weighted by molar-refractivity contribution is 0.0999. The van der Waals surface area contributed by atoms with E-state index in [2.05, 4.69) is 10.6 Å². The number of nitrogens with one attached hydrogen (secondary N) is 2. The van der Waals surface area contributed by atoms with Crippen LogP contribution in [0.3, 0.4) is 0 Å². The zero-order valence-corrected chi connectivity index (χ0v) is 17.1. The molecule has 0 bridgehead atoms. The third-order valence-corrected chi connectivity index (χ3v) is 5.12. The van der Waals surface area contributed by atoms with Gasteiger partial charge in [0.2, 0.25) is 5.76 Å². The summed E-state index contributed by atoms with van der Waals surface area (Å²) in [6, 6.07) is 20.2. The van der Waals surface area contributed by atoms with E-state index in [9.17, 15) is 9.59 Å². The molecule has 0 aliphatic carbocycles. The third kappa shape index (κ3) is 3.82. The first-order valence-electron chi connectivity index (χ1n) is 9.70. The number of carbonyl (C=O) groups excluding carboxylic acids is 2. The van der Waals surface area contributed by atoms with Crippen molar-refractivity contribution in [2.45, 2.75) is 20.8 Å². The van der Waals surface area contributed by atoms with Gasteiger partial charge in [-0.25, -0.2) is 0 Å². The topological polar surface area (TPSA) is 71.3 Å². The van der Waals surface area contributed by atoms with Gasteiger partial charge in [-0.2, -0.15) is 0 Å². The molecule has 0 spiro atoms. The summed E-state index contributed by atoms with van der Waals surface area (Å²) in [6.07, 6.45) is 0. The molecule has 2 N–H and O–H groups in total. The predicted molar refractivity (Wildman–Crippen MR) is 119 cm³/mol. The molecular weight excluding hydrogens is 376 g/mol. The molecule has 0 aliphatic heterocycles. The highest BCUT2D eigenvalue weighted by Crippen LogP contribution is 2.32. The van der Waals surface area contributed by atoms with E-state index in [0.29, 0.717) is 27.9 Å². The van der Waals surface area contributed by atoms with Crippen molar-refractivity contribution in [3.05, 3.63) is 94.7 Å². The van der Waals surface area contributed by atoms with Gasteiger partial charge in [0.25, 0.3) is 11.8 Å². The average molecular weight is 398 g/mol. The van der Waals surface area contributed by atoms with Crippen LogP contribution >= 0.6 is 0 Å². The first-order chi connectivity index (χ1) is 14.4. The fourth-order valence-electron chi connectivity index (χ4n) is 3.22. The number of fused-ring (bicyclic) bond motifs is 1. The van der Waals surface area contributed by atoms with E-state index in [1.165, 1.54) is 0 Å². The number of hydrogen-bond donors (Lipinski definition) is 2. The number of aryl methyl sites for hydroxylation is 3. The molecule has 30 heavy (non-hydrogen) atoms. The fourth-order valence-corrected chi connectivity index (χ4v) is 3.22. The van der Waals surface area contributed by atoms with Gasteiger partial charge in [0.1, 0.15) is 11.3 Å². The molecule has 4 rings (SSSR count). The molecule has 1 heterocycles. The Bertz CT molecular complexity index is 1250. The summed E-state index contributed by atoms with van der Waals surface area (Å²) in [5, 5.41) is 6.38. The lowest BCUT2D eigenvalue weighted by atomic mass is 10.1.